The van der Waals surface area contributed by atoms with Crippen LogP contribution in [0.15, 0.2) is 30.6 Å². The van der Waals surface area contributed by atoms with Crippen molar-refractivity contribution < 1.29 is 18.0 Å². The summed E-state index contributed by atoms with van der Waals surface area (Å²) in [7, 11) is 1.72. The molecule has 3 aromatic rings. The fourth-order valence-electron chi connectivity index (χ4n) is 3.25. The van der Waals surface area contributed by atoms with E-state index in [0.29, 0.717) is 17.2 Å². The van der Waals surface area contributed by atoms with Crippen molar-refractivity contribution in [3.63, 3.8) is 0 Å². The number of rotatable bonds is 3. The largest absolute Gasteiger partial charge is 0.434 e. The molecule has 162 valence electrons. The summed E-state index contributed by atoms with van der Waals surface area (Å²) in [5.41, 5.74) is 5.70. The van der Waals surface area contributed by atoms with Crippen LogP contribution in [0.4, 0.5) is 19.0 Å². The van der Waals surface area contributed by atoms with Crippen LogP contribution in [0.25, 0.3) is 5.65 Å². The van der Waals surface area contributed by atoms with E-state index < -0.39 is 11.9 Å². The van der Waals surface area contributed by atoms with Gasteiger partial charge in [-0.05, 0) is 37.8 Å². The van der Waals surface area contributed by atoms with Crippen LogP contribution in [-0.2, 0) is 13.2 Å². The molecule has 3 heterocycles. The first-order valence-corrected chi connectivity index (χ1v) is 9.58. The van der Waals surface area contributed by atoms with Crippen molar-refractivity contribution in [2.75, 3.05) is 5.32 Å². The maximum absolute atomic E-state index is 12.7. The summed E-state index contributed by atoms with van der Waals surface area (Å²) >= 11 is 0. The Hall–Kier alpha value is -2.95. The Balaban J connectivity index is 0.000000239. The highest BCUT2D eigenvalue weighted by Crippen LogP contribution is 2.30. The molecular formula is C19H24F3N7O. The first-order valence-electron chi connectivity index (χ1n) is 9.58. The number of fused-ring (bicyclic) bond motifs is 1. The average molecular weight is 423 g/mol. The van der Waals surface area contributed by atoms with Crippen molar-refractivity contribution in [2.24, 2.45) is 12.8 Å². The Morgan fingerprint density at radius 1 is 1.20 bits per heavy atom. The third kappa shape index (κ3) is 5.35. The molecule has 0 radical (unpaired) electrons. The van der Waals surface area contributed by atoms with Crippen molar-refractivity contribution in [2.45, 2.75) is 50.9 Å². The third-order valence-electron chi connectivity index (χ3n) is 4.87. The number of aromatic nitrogens is 5. The summed E-state index contributed by atoms with van der Waals surface area (Å²) < 4.78 is 41.2. The van der Waals surface area contributed by atoms with Crippen LogP contribution in [0.5, 0.6) is 0 Å². The van der Waals surface area contributed by atoms with Crippen LogP contribution in [-0.4, -0.2) is 42.2 Å². The zero-order valence-corrected chi connectivity index (χ0v) is 16.7. The molecule has 0 saturated heterocycles. The van der Waals surface area contributed by atoms with Crippen LogP contribution < -0.4 is 11.1 Å². The maximum atomic E-state index is 12.7. The van der Waals surface area contributed by atoms with E-state index in [2.05, 4.69) is 20.6 Å². The SMILES string of the molecule is CC(=O)c1cn(C)nn1.NC1CCC(Nc2cccc3nc(C(F)(F)F)cn23)CC1. The van der Waals surface area contributed by atoms with Crippen LogP contribution in [0.3, 0.4) is 0 Å². The summed E-state index contributed by atoms with van der Waals surface area (Å²) in [4.78, 5) is 14.2. The second-order valence-electron chi connectivity index (χ2n) is 7.35. The van der Waals surface area contributed by atoms with Crippen LogP contribution in [0.1, 0.15) is 48.8 Å². The van der Waals surface area contributed by atoms with Crippen molar-refractivity contribution in [3.05, 3.63) is 42.0 Å². The first-order chi connectivity index (χ1) is 14.1. The molecule has 30 heavy (non-hydrogen) atoms. The topological polar surface area (TPSA) is 103 Å². The molecule has 1 fully saturated rings. The molecule has 0 aromatic carbocycles. The number of halogens is 3. The summed E-state index contributed by atoms with van der Waals surface area (Å²) in [6.45, 7) is 1.46. The third-order valence-corrected chi connectivity index (χ3v) is 4.87. The number of alkyl halides is 3. The van der Waals surface area contributed by atoms with E-state index in [1.165, 1.54) is 16.0 Å². The molecule has 8 nitrogen and oxygen atoms in total. The number of nitrogens with one attached hydrogen (secondary N) is 1. The molecule has 1 aliphatic rings. The van der Waals surface area contributed by atoms with Gasteiger partial charge in [0.25, 0.3) is 0 Å². The number of hydrogen-bond donors (Lipinski definition) is 2. The number of carbonyl (C=O) groups excluding carboxylic acids is 1. The number of nitrogens with two attached hydrogens (primary N) is 1. The van der Waals surface area contributed by atoms with Gasteiger partial charge in [0.1, 0.15) is 17.2 Å². The zero-order valence-electron chi connectivity index (χ0n) is 16.7. The molecule has 4 rings (SSSR count). The molecule has 3 aromatic heterocycles. The summed E-state index contributed by atoms with van der Waals surface area (Å²) in [6.07, 6.45) is 1.92. The van der Waals surface area contributed by atoms with Crippen LogP contribution in [0, 0.1) is 0 Å². The molecular weight excluding hydrogens is 399 g/mol. The number of ketones is 1. The van der Waals surface area contributed by atoms with Gasteiger partial charge in [-0.2, -0.15) is 13.2 Å². The number of anilines is 1. The smallest absolute Gasteiger partial charge is 0.368 e. The van der Waals surface area contributed by atoms with Crippen molar-refractivity contribution in [1.29, 1.82) is 0 Å². The van der Waals surface area contributed by atoms with Gasteiger partial charge >= 0.3 is 6.18 Å². The Morgan fingerprint density at radius 2 is 1.90 bits per heavy atom. The second kappa shape index (κ2) is 8.82. The number of hydrogen-bond acceptors (Lipinski definition) is 6. The fourth-order valence-corrected chi connectivity index (χ4v) is 3.25. The Labute approximate surface area is 171 Å². The Kier molecular flexibility index (Phi) is 6.40. The normalized spacial score (nSPS) is 19.3. The van der Waals surface area contributed by atoms with E-state index >= 15 is 0 Å². The lowest BCUT2D eigenvalue weighted by Gasteiger charge is -2.27. The minimum Gasteiger partial charge on any atom is -0.368 e. The van der Waals surface area contributed by atoms with Gasteiger partial charge in [0.15, 0.2) is 11.5 Å². The number of pyridine rings is 1. The van der Waals surface area contributed by atoms with Crippen molar-refractivity contribution >= 4 is 17.2 Å². The van der Waals surface area contributed by atoms with E-state index in [-0.39, 0.29) is 17.9 Å². The van der Waals surface area contributed by atoms with Gasteiger partial charge < -0.3 is 11.1 Å². The van der Waals surface area contributed by atoms with Crippen LogP contribution in [0.2, 0.25) is 0 Å². The zero-order chi connectivity index (χ0) is 21.9. The van der Waals surface area contributed by atoms with Gasteiger partial charge in [-0.3, -0.25) is 13.9 Å². The molecule has 0 aliphatic heterocycles. The molecule has 0 spiro atoms. The summed E-state index contributed by atoms with van der Waals surface area (Å²) in [5, 5.41) is 10.5. The predicted molar refractivity (Wildman–Crippen MR) is 105 cm³/mol. The first kappa shape index (κ1) is 21.8. The highest BCUT2D eigenvalue weighted by molar-refractivity contribution is 5.91. The highest BCUT2D eigenvalue weighted by Gasteiger charge is 2.34. The lowest BCUT2D eigenvalue weighted by molar-refractivity contribution is -0.140. The van der Waals surface area contributed by atoms with E-state index in [4.69, 9.17) is 5.73 Å². The maximum Gasteiger partial charge on any atom is 0.434 e. The highest BCUT2D eigenvalue weighted by atomic mass is 19.4. The standard InChI is InChI=1S/C14H17F3N4.C5H7N3O/c15-14(16,17)11-8-21-12(2-1-3-13(21)20-11)19-10-6-4-9(18)5-7-10;1-4(9)5-3-8(2)7-6-5/h1-3,8-10,19H,4-7,18H2;3H,1-2H3. The second-order valence-corrected chi connectivity index (χ2v) is 7.35. The lowest BCUT2D eigenvalue weighted by atomic mass is 9.92. The van der Waals surface area contributed by atoms with Gasteiger partial charge in [0, 0.05) is 32.3 Å². The van der Waals surface area contributed by atoms with Gasteiger partial charge in [0.2, 0.25) is 0 Å². The van der Waals surface area contributed by atoms with E-state index in [1.54, 1.807) is 31.4 Å². The predicted octanol–water partition coefficient (Wildman–Crippen LogP) is 3.05. The molecule has 1 aliphatic carbocycles. The van der Waals surface area contributed by atoms with Crippen LogP contribution >= 0.6 is 0 Å². The molecule has 0 unspecified atom stereocenters. The number of Topliss-reactive ketones (excluding diaryl/α,β-unsaturated/α-hetero) is 1. The lowest BCUT2D eigenvalue weighted by Crippen LogP contribution is -2.33. The Morgan fingerprint density at radius 3 is 2.43 bits per heavy atom. The number of aryl methyl sites for hydroxylation is 1. The number of nitrogens with zero attached hydrogens (tertiary/aromatic N) is 5. The van der Waals surface area contributed by atoms with Gasteiger partial charge in [0.05, 0.1) is 6.20 Å². The van der Waals surface area contributed by atoms with Crippen molar-refractivity contribution in [1.82, 2.24) is 24.4 Å². The number of carbonyl (C=O) groups is 1. The summed E-state index contributed by atoms with van der Waals surface area (Å²) in [5.74, 6) is 0.582. The van der Waals surface area contributed by atoms with E-state index in [9.17, 15) is 18.0 Å². The fraction of sp³-hybridized carbons (Fsp3) is 0.474. The summed E-state index contributed by atoms with van der Waals surface area (Å²) in [6, 6.07) is 5.52. The average Bonchev–Trinajstić information content (AvgIpc) is 3.31. The monoisotopic (exact) mass is 423 g/mol. The Bertz CT molecular complexity index is 1000. The minimum atomic E-state index is -4.43. The number of imidazole rings is 1. The van der Waals surface area contributed by atoms with Gasteiger partial charge in [-0.1, -0.05) is 11.3 Å². The molecule has 0 atom stereocenters. The van der Waals surface area contributed by atoms with E-state index in [1.807, 2.05) is 0 Å². The van der Waals surface area contributed by atoms with Gasteiger partial charge in [-0.25, -0.2) is 4.98 Å². The quantitative estimate of drug-likeness (QED) is 0.628. The van der Waals surface area contributed by atoms with E-state index in [0.717, 1.165) is 31.9 Å². The molecule has 1 saturated carbocycles. The van der Waals surface area contributed by atoms with Gasteiger partial charge in [-0.15, -0.1) is 5.10 Å². The molecule has 3 N–H and O–H groups in total. The molecule has 0 bridgehead atoms. The van der Waals surface area contributed by atoms with Crippen molar-refractivity contribution in [3.8, 4) is 0 Å². The molecule has 11 heteroatoms. The minimum absolute atomic E-state index is 0.0527. The molecule has 0 amide bonds.